The number of aryl methyl sites for hydroxylation is 1. The molecule has 0 fully saturated rings. The topological polar surface area (TPSA) is 84.0 Å². The van der Waals surface area contributed by atoms with Gasteiger partial charge in [0, 0.05) is 19.9 Å². The van der Waals surface area contributed by atoms with Gasteiger partial charge in [-0.25, -0.2) is 0 Å². The van der Waals surface area contributed by atoms with Crippen LogP contribution < -0.4 is 10.6 Å². The molecule has 6 nitrogen and oxygen atoms in total. The van der Waals surface area contributed by atoms with Crippen LogP contribution in [0.2, 0.25) is 0 Å². The lowest BCUT2D eigenvalue weighted by molar-refractivity contribution is -0.119. The normalized spacial score (nSPS) is 10.2. The molecular formula is C12H20N4O2S. The van der Waals surface area contributed by atoms with Gasteiger partial charge in [0.2, 0.25) is 16.9 Å². The average molecular weight is 284 g/mol. The zero-order valence-electron chi connectivity index (χ0n) is 11.4. The third-order valence-corrected chi connectivity index (χ3v) is 3.45. The van der Waals surface area contributed by atoms with Crippen molar-refractivity contribution in [2.75, 3.05) is 11.9 Å². The van der Waals surface area contributed by atoms with Crippen LogP contribution in [-0.4, -0.2) is 28.6 Å². The van der Waals surface area contributed by atoms with Crippen molar-refractivity contribution in [3.63, 3.8) is 0 Å². The molecule has 2 amide bonds. The van der Waals surface area contributed by atoms with Gasteiger partial charge in [-0.05, 0) is 19.3 Å². The summed E-state index contributed by atoms with van der Waals surface area (Å²) in [5.74, 6) is -0.0425. The lowest BCUT2D eigenvalue weighted by Crippen LogP contribution is -2.20. The average Bonchev–Trinajstić information content (AvgIpc) is 2.81. The monoisotopic (exact) mass is 284 g/mol. The molecule has 1 rings (SSSR count). The van der Waals surface area contributed by atoms with Gasteiger partial charge in [0.1, 0.15) is 5.01 Å². The van der Waals surface area contributed by atoms with Crippen LogP contribution in [0.4, 0.5) is 5.13 Å². The van der Waals surface area contributed by atoms with Crippen LogP contribution in [0, 0.1) is 0 Å². The Labute approximate surface area is 117 Å². The molecule has 0 saturated heterocycles. The van der Waals surface area contributed by atoms with Crippen LogP contribution in [0.3, 0.4) is 0 Å². The fourth-order valence-electron chi connectivity index (χ4n) is 1.48. The molecule has 0 aliphatic carbocycles. The zero-order chi connectivity index (χ0) is 14.1. The van der Waals surface area contributed by atoms with Crippen LogP contribution in [0.15, 0.2) is 0 Å². The summed E-state index contributed by atoms with van der Waals surface area (Å²) in [5.41, 5.74) is 0. The van der Waals surface area contributed by atoms with Gasteiger partial charge >= 0.3 is 0 Å². The van der Waals surface area contributed by atoms with Crippen molar-refractivity contribution in [2.45, 2.75) is 46.0 Å². The standard InChI is InChI=1S/C12H20N4O2S/c1-3-11-15-16-12(19-11)14-10(18)7-5-4-6-8-13-9(2)17/h3-8H2,1-2H3,(H,13,17)(H,14,16,18). The van der Waals surface area contributed by atoms with E-state index in [1.807, 2.05) is 6.92 Å². The number of nitrogens with one attached hydrogen (secondary N) is 2. The number of hydrogen-bond donors (Lipinski definition) is 2. The van der Waals surface area contributed by atoms with Gasteiger partial charge in [0.15, 0.2) is 0 Å². The van der Waals surface area contributed by atoms with Crippen LogP contribution >= 0.6 is 11.3 Å². The van der Waals surface area contributed by atoms with Gasteiger partial charge in [-0.3, -0.25) is 9.59 Å². The van der Waals surface area contributed by atoms with Gasteiger partial charge in [-0.1, -0.05) is 24.7 Å². The van der Waals surface area contributed by atoms with Crippen LogP contribution in [0.25, 0.3) is 0 Å². The van der Waals surface area contributed by atoms with Crippen molar-refractivity contribution in [3.05, 3.63) is 5.01 Å². The van der Waals surface area contributed by atoms with Crippen molar-refractivity contribution in [1.29, 1.82) is 0 Å². The largest absolute Gasteiger partial charge is 0.356 e. The van der Waals surface area contributed by atoms with E-state index in [2.05, 4.69) is 20.8 Å². The highest BCUT2D eigenvalue weighted by Crippen LogP contribution is 2.15. The first kappa shape index (κ1) is 15.6. The molecule has 0 aliphatic heterocycles. The molecule has 0 unspecified atom stereocenters. The molecule has 19 heavy (non-hydrogen) atoms. The minimum absolute atomic E-state index is 0.0132. The first-order chi connectivity index (χ1) is 9.11. The smallest absolute Gasteiger partial charge is 0.226 e. The first-order valence-corrected chi connectivity index (χ1v) is 7.30. The minimum Gasteiger partial charge on any atom is -0.356 e. The summed E-state index contributed by atoms with van der Waals surface area (Å²) in [6, 6.07) is 0. The van der Waals surface area contributed by atoms with E-state index in [4.69, 9.17) is 0 Å². The highest BCUT2D eigenvalue weighted by atomic mass is 32.1. The SMILES string of the molecule is CCc1nnc(NC(=O)CCCCCNC(C)=O)s1. The highest BCUT2D eigenvalue weighted by Gasteiger charge is 2.06. The Hall–Kier alpha value is -1.50. The molecule has 0 aromatic carbocycles. The fourth-order valence-corrected chi connectivity index (χ4v) is 2.18. The van der Waals surface area contributed by atoms with E-state index < -0.39 is 0 Å². The highest BCUT2D eigenvalue weighted by molar-refractivity contribution is 7.15. The minimum atomic E-state index is -0.0293. The summed E-state index contributed by atoms with van der Waals surface area (Å²) in [4.78, 5) is 22.2. The van der Waals surface area contributed by atoms with Crippen molar-refractivity contribution in [1.82, 2.24) is 15.5 Å². The lowest BCUT2D eigenvalue weighted by atomic mass is 10.2. The number of carbonyl (C=O) groups excluding carboxylic acids is 2. The molecular weight excluding hydrogens is 264 g/mol. The number of rotatable bonds is 8. The van der Waals surface area contributed by atoms with Crippen LogP contribution in [0.5, 0.6) is 0 Å². The number of unbranched alkanes of at least 4 members (excludes halogenated alkanes) is 2. The second-order valence-electron chi connectivity index (χ2n) is 4.20. The van der Waals surface area contributed by atoms with Crippen molar-refractivity contribution in [3.8, 4) is 0 Å². The first-order valence-electron chi connectivity index (χ1n) is 6.48. The van der Waals surface area contributed by atoms with E-state index in [1.54, 1.807) is 0 Å². The molecule has 0 bridgehead atoms. The Morgan fingerprint density at radius 2 is 2.00 bits per heavy atom. The van der Waals surface area contributed by atoms with Gasteiger partial charge in [0.05, 0.1) is 0 Å². The van der Waals surface area contributed by atoms with E-state index in [0.29, 0.717) is 18.1 Å². The second kappa shape index (κ2) is 8.58. The van der Waals surface area contributed by atoms with Crippen molar-refractivity contribution in [2.24, 2.45) is 0 Å². The zero-order valence-corrected chi connectivity index (χ0v) is 12.2. The predicted octanol–water partition coefficient (Wildman–Crippen LogP) is 1.74. The van der Waals surface area contributed by atoms with E-state index in [-0.39, 0.29) is 11.8 Å². The molecule has 2 N–H and O–H groups in total. The molecule has 7 heteroatoms. The molecule has 1 aromatic rings. The molecule has 0 aliphatic rings. The number of amides is 2. The van der Waals surface area contributed by atoms with E-state index in [1.165, 1.54) is 18.3 Å². The lowest BCUT2D eigenvalue weighted by Gasteiger charge is -2.02. The number of nitrogens with zero attached hydrogens (tertiary/aromatic N) is 2. The predicted molar refractivity (Wildman–Crippen MR) is 75.1 cm³/mol. The quantitative estimate of drug-likeness (QED) is 0.712. The summed E-state index contributed by atoms with van der Waals surface area (Å²) in [6.07, 6.45) is 3.93. The third kappa shape index (κ3) is 6.85. The van der Waals surface area contributed by atoms with Crippen molar-refractivity contribution >= 4 is 28.3 Å². The second-order valence-corrected chi connectivity index (χ2v) is 5.26. The van der Waals surface area contributed by atoms with E-state index in [9.17, 15) is 9.59 Å². The Bertz CT molecular complexity index is 420. The summed E-state index contributed by atoms with van der Waals surface area (Å²) < 4.78 is 0. The van der Waals surface area contributed by atoms with E-state index in [0.717, 1.165) is 30.7 Å². The summed E-state index contributed by atoms with van der Waals surface area (Å²) in [7, 11) is 0. The molecule has 1 heterocycles. The maximum Gasteiger partial charge on any atom is 0.226 e. The summed E-state index contributed by atoms with van der Waals surface area (Å²) in [5, 5.41) is 14.8. The van der Waals surface area contributed by atoms with Gasteiger partial charge in [-0.15, -0.1) is 10.2 Å². The van der Waals surface area contributed by atoms with Gasteiger partial charge < -0.3 is 10.6 Å². The maximum absolute atomic E-state index is 11.6. The number of hydrogen-bond acceptors (Lipinski definition) is 5. The molecule has 106 valence electrons. The van der Waals surface area contributed by atoms with Crippen molar-refractivity contribution < 1.29 is 9.59 Å². The molecule has 0 spiro atoms. The Morgan fingerprint density at radius 1 is 1.21 bits per heavy atom. The molecule has 0 saturated carbocycles. The summed E-state index contributed by atoms with van der Waals surface area (Å²) in [6.45, 7) is 4.18. The maximum atomic E-state index is 11.6. The van der Waals surface area contributed by atoms with Crippen LogP contribution in [0.1, 0.15) is 44.5 Å². The summed E-state index contributed by atoms with van der Waals surface area (Å²) >= 11 is 1.41. The van der Waals surface area contributed by atoms with E-state index >= 15 is 0 Å². The number of aromatic nitrogens is 2. The number of carbonyl (C=O) groups is 2. The Kier molecular flexibility index (Phi) is 7.02. The number of anilines is 1. The Morgan fingerprint density at radius 3 is 2.63 bits per heavy atom. The molecule has 0 radical (unpaired) electrons. The molecule has 1 aromatic heterocycles. The van der Waals surface area contributed by atoms with Gasteiger partial charge in [0.25, 0.3) is 0 Å². The Balaban J connectivity index is 2.09. The van der Waals surface area contributed by atoms with Crippen LogP contribution in [-0.2, 0) is 16.0 Å². The third-order valence-electron chi connectivity index (χ3n) is 2.47. The van der Waals surface area contributed by atoms with Gasteiger partial charge in [-0.2, -0.15) is 0 Å². The fraction of sp³-hybridized carbons (Fsp3) is 0.667. The molecule has 0 atom stereocenters.